The fourth-order valence-corrected chi connectivity index (χ4v) is 1.95. The predicted molar refractivity (Wildman–Crippen MR) is 94.1 cm³/mol. The van der Waals surface area contributed by atoms with E-state index in [1.807, 2.05) is 26.8 Å². The summed E-state index contributed by atoms with van der Waals surface area (Å²) in [7, 11) is 0. The summed E-state index contributed by atoms with van der Waals surface area (Å²) in [6.45, 7) is 12.9. The minimum absolute atomic E-state index is 0.145. The molecule has 26 heavy (non-hydrogen) atoms. The topological polar surface area (TPSA) is 87.7 Å². The van der Waals surface area contributed by atoms with Crippen LogP contribution in [0, 0.1) is 19.4 Å². The van der Waals surface area contributed by atoms with Crippen molar-refractivity contribution in [3.8, 4) is 11.4 Å². The number of benzene rings is 1. The summed E-state index contributed by atoms with van der Waals surface area (Å²) < 4.78 is 10.5. The molecule has 0 aliphatic heterocycles. The number of carbonyl (C=O) groups excluding carboxylic acids is 2. The van der Waals surface area contributed by atoms with Crippen molar-refractivity contribution in [3.05, 3.63) is 47.6 Å². The standard InChI is InChI=1S/C18H18N4O4/c1-12(2)10-25-18(24)26-16(23)5-6-22-11-20-17(21-22)14-7-13(3)8-15(9-14)19-4/h5-9,11-12H,10H2,1-3H3/b6-5-. The van der Waals surface area contributed by atoms with Gasteiger partial charge in [-0.2, -0.15) is 0 Å². The van der Waals surface area contributed by atoms with Gasteiger partial charge < -0.3 is 9.47 Å². The summed E-state index contributed by atoms with van der Waals surface area (Å²) in [4.78, 5) is 30.4. The van der Waals surface area contributed by atoms with Crippen LogP contribution in [-0.4, -0.2) is 33.5 Å². The molecule has 0 atom stereocenters. The minimum atomic E-state index is -1.04. The van der Waals surface area contributed by atoms with Crippen LogP contribution >= 0.6 is 0 Å². The molecule has 0 radical (unpaired) electrons. The fraction of sp³-hybridized carbons (Fsp3) is 0.278. The van der Waals surface area contributed by atoms with Crippen LogP contribution in [0.2, 0.25) is 0 Å². The van der Waals surface area contributed by atoms with Gasteiger partial charge in [0.05, 0.1) is 13.2 Å². The Bertz CT molecular complexity index is 878. The van der Waals surface area contributed by atoms with Crippen molar-refractivity contribution in [1.82, 2.24) is 14.8 Å². The Kier molecular flexibility index (Phi) is 6.22. The maximum Gasteiger partial charge on any atom is 0.516 e. The smallest absolute Gasteiger partial charge is 0.434 e. The largest absolute Gasteiger partial charge is 0.516 e. The molecule has 0 amide bonds. The lowest BCUT2D eigenvalue weighted by atomic mass is 10.1. The quantitative estimate of drug-likeness (QED) is 0.353. The van der Waals surface area contributed by atoms with Gasteiger partial charge in [0.1, 0.15) is 6.33 Å². The number of esters is 1. The molecule has 8 heteroatoms. The van der Waals surface area contributed by atoms with Gasteiger partial charge in [-0.05, 0) is 18.9 Å². The summed E-state index contributed by atoms with van der Waals surface area (Å²) in [5, 5.41) is 4.20. The van der Waals surface area contributed by atoms with Crippen LogP contribution in [0.25, 0.3) is 22.4 Å². The fourth-order valence-electron chi connectivity index (χ4n) is 1.95. The molecule has 0 aliphatic carbocycles. The van der Waals surface area contributed by atoms with Crippen LogP contribution < -0.4 is 0 Å². The maximum atomic E-state index is 11.6. The molecular formula is C18H18N4O4. The molecule has 0 spiro atoms. The van der Waals surface area contributed by atoms with Crippen molar-refractivity contribution in [3.63, 3.8) is 0 Å². The molecule has 1 heterocycles. The molecule has 1 aromatic heterocycles. The van der Waals surface area contributed by atoms with Crippen molar-refractivity contribution >= 4 is 24.0 Å². The average Bonchev–Trinajstić information content (AvgIpc) is 3.06. The number of aromatic nitrogens is 3. The highest BCUT2D eigenvalue weighted by atomic mass is 16.7. The molecule has 0 bridgehead atoms. The Morgan fingerprint density at radius 1 is 1.35 bits per heavy atom. The van der Waals surface area contributed by atoms with Gasteiger partial charge >= 0.3 is 12.1 Å². The van der Waals surface area contributed by atoms with Crippen LogP contribution in [0.15, 0.2) is 30.6 Å². The molecule has 0 saturated heterocycles. The van der Waals surface area contributed by atoms with E-state index in [1.165, 1.54) is 17.2 Å². The molecule has 1 aromatic carbocycles. The van der Waals surface area contributed by atoms with Gasteiger partial charge in [-0.15, -0.1) is 5.10 Å². The van der Waals surface area contributed by atoms with Crippen molar-refractivity contribution in [2.75, 3.05) is 6.61 Å². The molecule has 2 aromatic rings. The molecular weight excluding hydrogens is 336 g/mol. The van der Waals surface area contributed by atoms with E-state index in [9.17, 15) is 9.59 Å². The number of nitrogens with zero attached hydrogens (tertiary/aromatic N) is 4. The van der Waals surface area contributed by atoms with Gasteiger partial charge in [0.15, 0.2) is 11.5 Å². The van der Waals surface area contributed by atoms with Crippen molar-refractivity contribution in [1.29, 1.82) is 0 Å². The van der Waals surface area contributed by atoms with E-state index in [0.717, 1.165) is 11.6 Å². The van der Waals surface area contributed by atoms with E-state index in [-0.39, 0.29) is 12.5 Å². The van der Waals surface area contributed by atoms with Gasteiger partial charge in [-0.1, -0.05) is 31.5 Å². The van der Waals surface area contributed by atoms with E-state index in [2.05, 4.69) is 19.7 Å². The highest BCUT2D eigenvalue weighted by molar-refractivity contribution is 5.91. The number of ether oxygens (including phenoxy) is 2. The van der Waals surface area contributed by atoms with Crippen LogP contribution in [-0.2, 0) is 14.3 Å². The number of aryl methyl sites for hydroxylation is 1. The molecule has 8 nitrogen and oxygen atoms in total. The Morgan fingerprint density at radius 2 is 2.12 bits per heavy atom. The Morgan fingerprint density at radius 3 is 2.81 bits per heavy atom. The molecule has 0 N–H and O–H groups in total. The normalized spacial score (nSPS) is 10.7. The first kappa shape index (κ1) is 18.9. The van der Waals surface area contributed by atoms with E-state index < -0.39 is 12.1 Å². The van der Waals surface area contributed by atoms with Crippen molar-refractivity contribution in [2.45, 2.75) is 20.8 Å². The van der Waals surface area contributed by atoms with Crippen molar-refractivity contribution in [2.24, 2.45) is 5.92 Å². The number of rotatable bonds is 5. The first-order chi connectivity index (χ1) is 12.4. The summed E-state index contributed by atoms with van der Waals surface area (Å²) in [5.41, 5.74) is 2.11. The number of hydrogen-bond donors (Lipinski definition) is 0. The second kappa shape index (κ2) is 8.58. The molecule has 134 valence electrons. The zero-order chi connectivity index (χ0) is 19.1. The second-order valence-corrected chi connectivity index (χ2v) is 5.91. The van der Waals surface area contributed by atoms with Crippen LogP contribution in [0.1, 0.15) is 19.4 Å². The highest BCUT2D eigenvalue weighted by Crippen LogP contribution is 2.23. The Hall–Kier alpha value is -3.47. The lowest BCUT2D eigenvalue weighted by Gasteiger charge is -2.05. The second-order valence-electron chi connectivity index (χ2n) is 5.91. The minimum Gasteiger partial charge on any atom is -0.434 e. The Labute approximate surface area is 150 Å². The summed E-state index contributed by atoms with van der Waals surface area (Å²) in [5.74, 6) is -0.318. The molecule has 0 saturated carbocycles. The zero-order valence-corrected chi connectivity index (χ0v) is 14.7. The third-order valence-electron chi connectivity index (χ3n) is 3.04. The number of carbonyl (C=O) groups is 2. The van der Waals surface area contributed by atoms with E-state index in [0.29, 0.717) is 17.1 Å². The SMILES string of the molecule is [C-]#[N+]c1cc(C)cc(-c2ncn(/C=C\C(=O)OC(=O)OCC(C)C)n2)c1. The average molecular weight is 354 g/mol. The predicted octanol–water partition coefficient (Wildman–Crippen LogP) is 3.61. The summed E-state index contributed by atoms with van der Waals surface area (Å²) in [6, 6.07) is 5.31. The first-order valence-electron chi connectivity index (χ1n) is 7.85. The van der Waals surface area contributed by atoms with Crippen LogP contribution in [0.3, 0.4) is 0 Å². The monoisotopic (exact) mass is 354 g/mol. The van der Waals surface area contributed by atoms with Crippen LogP contribution in [0.5, 0.6) is 0 Å². The molecule has 0 aliphatic rings. The first-order valence-corrected chi connectivity index (χ1v) is 7.85. The lowest BCUT2D eigenvalue weighted by Crippen LogP contribution is -2.14. The van der Waals surface area contributed by atoms with Crippen molar-refractivity contribution < 1.29 is 19.1 Å². The van der Waals surface area contributed by atoms with Gasteiger partial charge in [0, 0.05) is 17.8 Å². The third kappa shape index (κ3) is 5.56. The Balaban J connectivity index is 2.01. The number of hydrogen-bond acceptors (Lipinski definition) is 6. The van der Waals surface area contributed by atoms with E-state index in [1.54, 1.807) is 12.1 Å². The van der Waals surface area contributed by atoms with Gasteiger partial charge in [-0.25, -0.2) is 24.1 Å². The summed E-state index contributed by atoms with van der Waals surface area (Å²) in [6.07, 6.45) is 2.70. The zero-order valence-electron chi connectivity index (χ0n) is 14.7. The van der Waals surface area contributed by atoms with E-state index >= 15 is 0 Å². The van der Waals surface area contributed by atoms with Crippen LogP contribution in [0.4, 0.5) is 10.5 Å². The van der Waals surface area contributed by atoms with Gasteiger partial charge in [0.2, 0.25) is 0 Å². The third-order valence-corrected chi connectivity index (χ3v) is 3.04. The molecule has 0 unspecified atom stereocenters. The maximum absolute atomic E-state index is 11.6. The lowest BCUT2D eigenvalue weighted by molar-refractivity contribution is -0.134. The van der Waals surface area contributed by atoms with Gasteiger partial charge in [0.25, 0.3) is 0 Å². The summed E-state index contributed by atoms with van der Waals surface area (Å²) >= 11 is 0. The van der Waals surface area contributed by atoms with E-state index in [4.69, 9.17) is 11.3 Å². The van der Waals surface area contributed by atoms with Gasteiger partial charge in [-0.3, -0.25) is 0 Å². The highest BCUT2D eigenvalue weighted by Gasteiger charge is 2.10. The molecule has 2 rings (SSSR count). The molecule has 0 fully saturated rings.